The van der Waals surface area contributed by atoms with Gasteiger partial charge in [-0.2, -0.15) is 0 Å². The molecule has 1 N–H and O–H groups in total. The fourth-order valence-corrected chi connectivity index (χ4v) is 4.08. The van der Waals surface area contributed by atoms with Crippen molar-refractivity contribution in [2.45, 2.75) is 13.5 Å². The predicted octanol–water partition coefficient (Wildman–Crippen LogP) is 5.39. The Morgan fingerprint density at radius 3 is 2.44 bits per heavy atom. The van der Waals surface area contributed by atoms with Gasteiger partial charge in [-0.05, 0) is 71.8 Å². The predicted molar refractivity (Wildman–Crippen MR) is 130 cm³/mol. The Bertz CT molecular complexity index is 1260. The van der Waals surface area contributed by atoms with Gasteiger partial charge in [0.15, 0.2) is 0 Å². The number of para-hydroxylation sites is 1. The number of nitrogens with one attached hydrogen (secondary N) is 1. The van der Waals surface area contributed by atoms with Crippen molar-refractivity contribution in [3.05, 3.63) is 100 Å². The van der Waals surface area contributed by atoms with Crippen LogP contribution in [0.2, 0.25) is 0 Å². The average molecular weight is 477 g/mol. The van der Waals surface area contributed by atoms with Crippen LogP contribution in [0.1, 0.15) is 16.7 Å². The van der Waals surface area contributed by atoms with E-state index in [-0.39, 0.29) is 17.3 Å². The van der Waals surface area contributed by atoms with Crippen molar-refractivity contribution in [2.24, 2.45) is 0 Å². The first kappa shape index (κ1) is 23.3. The van der Waals surface area contributed by atoms with Gasteiger partial charge in [-0.25, -0.2) is 4.39 Å². The molecule has 0 unspecified atom stereocenters. The van der Waals surface area contributed by atoms with E-state index in [0.29, 0.717) is 23.6 Å². The van der Waals surface area contributed by atoms with Gasteiger partial charge in [0.2, 0.25) is 5.91 Å². The van der Waals surface area contributed by atoms with E-state index in [4.69, 9.17) is 4.74 Å². The Balaban J connectivity index is 1.36. The van der Waals surface area contributed by atoms with E-state index in [9.17, 15) is 18.8 Å². The second-order valence-corrected chi connectivity index (χ2v) is 8.61. The summed E-state index contributed by atoms with van der Waals surface area (Å²) in [5.41, 5.74) is 3.07. The Labute approximate surface area is 200 Å². The Morgan fingerprint density at radius 2 is 1.74 bits per heavy atom. The molecule has 6 nitrogen and oxygen atoms in total. The lowest BCUT2D eigenvalue weighted by Crippen LogP contribution is -2.36. The highest BCUT2D eigenvalue weighted by atomic mass is 32.2. The lowest BCUT2D eigenvalue weighted by molar-refractivity contribution is -0.127. The van der Waals surface area contributed by atoms with Crippen LogP contribution in [0.25, 0.3) is 6.08 Å². The number of hydrogen-bond acceptors (Lipinski definition) is 5. The molecule has 3 aromatic carbocycles. The van der Waals surface area contributed by atoms with Crippen LogP contribution < -0.4 is 10.1 Å². The molecule has 0 radical (unpaired) electrons. The molecule has 3 aromatic rings. The minimum absolute atomic E-state index is 0.244. The van der Waals surface area contributed by atoms with Gasteiger partial charge in [0.25, 0.3) is 11.1 Å². The molecule has 0 aliphatic carbocycles. The van der Waals surface area contributed by atoms with Crippen LogP contribution >= 0.6 is 11.8 Å². The average Bonchev–Trinajstić information content (AvgIpc) is 3.08. The van der Waals surface area contributed by atoms with E-state index in [1.54, 1.807) is 54.6 Å². The first-order valence-corrected chi connectivity index (χ1v) is 11.3. The molecule has 8 heteroatoms. The highest BCUT2D eigenvalue weighted by Crippen LogP contribution is 2.32. The maximum absolute atomic E-state index is 13.0. The molecule has 0 bridgehead atoms. The summed E-state index contributed by atoms with van der Waals surface area (Å²) in [5, 5.41) is 2.24. The van der Waals surface area contributed by atoms with Gasteiger partial charge in [-0.15, -0.1) is 0 Å². The molecule has 1 fully saturated rings. The zero-order chi connectivity index (χ0) is 24.1. The number of rotatable bonds is 7. The van der Waals surface area contributed by atoms with Crippen molar-refractivity contribution in [1.29, 1.82) is 0 Å². The zero-order valence-electron chi connectivity index (χ0n) is 18.3. The third kappa shape index (κ3) is 5.71. The van der Waals surface area contributed by atoms with Gasteiger partial charge in [0.05, 0.1) is 4.91 Å². The summed E-state index contributed by atoms with van der Waals surface area (Å²) in [6.45, 7) is 1.80. The molecular formula is C26H21FN2O4S. The van der Waals surface area contributed by atoms with Gasteiger partial charge in [0.1, 0.15) is 24.7 Å². The van der Waals surface area contributed by atoms with Crippen molar-refractivity contribution >= 4 is 40.6 Å². The Morgan fingerprint density at radius 1 is 1.03 bits per heavy atom. The lowest BCUT2D eigenvalue weighted by Gasteiger charge is -2.13. The number of hydrogen-bond donors (Lipinski definition) is 1. The van der Waals surface area contributed by atoms with Crippen LogP contribution in [0.4, 0.5) is 14.9 Å². The van der Waals surface area contributed by atoms with E-state index in [1.807, 2.05) is 19.1 Å². The summed E-state index contributed by atoms with van der Waals surface area (Å²) in [6.07, 6.45) is 1.61. The molecule has 1 saturated heterocycles. The van der Waals surface area contributed by atoms with Gasteiger partial charge >= 0.3 is 0 Å². The Kier molecular flexibility index (Phi) is 7.08. The topological polar surface area (TPSA) is 75.7 Å². The van der Waals surface area contributed by atoms with Crippen molar-refractivity contribution in [3.63, 3.8) is 0 Å². The maximum atomic E-state index is 13.0. The number of anilines is 1. The van der Waals surface area contributed by atoms with E-state index in [0.717, 1.165) is 27.8 Å². The van der Waals surface area contributed by atoms with Crippen LogP contribution in [-0.2, 0) is 16.2 Å². The van der Waals surface area contributed by atoms with Gasteiger partial charge in [0, 0.05) is 5.69 Å². The lowest BCUT2D eigenvalue weighted by atomic mass is 10.2. The van der Waals surface area contributed by atoms with Crippen LogP contribution in [0.5, 0.6) is 5.75 Å². The summed E-state index contributed by atoms with van der Waals surface area (Å²) in [7, 11) is 0. The van der Waals surface area contributed by atoms with Crippen molar-refractivity contribution < 1.29 is 23.5 Å². The number of imide groups is 1. The minimum Gasteiger partial charge on any atom is -0.489 e. The summed E-state index contributed by atoms with van der Waals surface area (Å²) >= 11 is 0.798. The molecule has 34 heavy (non-hydrogen) atoms. The smallest absolute Gasteiger partial charge is 0.294 e. The molecule has 1 heterocycles. The fourth-order valence-electron chi connectivity index (χ4n) is 3.24. The van der Waals surface area contributed by atoms with E-state index in [1.165, 1.54) is 12.1 Å². The Hall–Kier alpha value is -3.91. The summed E-state index contributed by atoms with van der Waals surface area (Å²) in [5.74, 6) is -0.640. The van der Waals surface area contributed by atoms with Crippen LogP contribution in [-0.4, -0.2) is 28.5 Å². The number of nitrogens with zero attached hydrogens (tertiary/aromatic N) is 1. The molecular weight excluding hydrogens is 455 g/mol. The standard InChI is InChI=1S/C26H21FN2O4S/c1-17-4-2-3-5-22(17)28-24(30)15-29-25(31)23(34-26(29)32)14-18-8-12-21(13-9-18)33-16-19-6-10-20(27)11-7-19/h2-14H,15-16H2,1H3,(H,28,30)/b23-14-. The van der Waals surface area contributed by atoms with E-state index < -0.39 is 17.1 Å². The molecule has 0 saturated carbocycles. The van der Waals surface area contributed by atoms with Gasteiger partial charge < -0.3 is 10.1 Å². The third-order valence-corrected chi connectivity index (χ3v) is 6.00. The second kappa shape index (κ2) is 10.4. The molecule has 172 valence electrons. The normalized spacial score (nSPS) is 14.5. The highest BCUT2D eigenvalue weighted by molar-refractivity contribution is 8.18. The fraction of sp³-hybridized carbons (Fsp3) is 0.115. The van der Waals surface area contributed by atoms with Crippen molar-refractivity contribution in [1.82, 2.24) is 4.90 Å². The summed E-state index contributed by atoms with van der Waals surface area (Å²) in [4.78, 5) is 38.6. The number of halogens is 1. The first-order chi connectivity index (χ1) is 16.4. The molecule has 4 rings (SSSR count). The summed E-state index contributed by atoms with van der Waals surface area (Å²) < 4.78 is 18.7. The number of ether oxygens (including phenoxy) is 1. The number of thioether (sulfide) groups is 1. The van der Waals surface area contributed by atoms with Crippen molar-refractivity contribution in [2.75, 3.05) is 11.9 Å². The molecule has 1 aliphatic heterocycles. The monoisotopic (exact) mass is 476 g/mol. The molecule has 0 aromatic heterocycles. The van der Waals surface area contributed by atoms with Gasteiger partial charge in [-0.3, -0.25) is 19.3 Å². The molecule has 0 spiro atoms. The van der Waals surface area contributed by atoms with E-state index in [2.05, 4.69) is 5.32 Å². The van der Waals surface area contributed by atoms with Crippen LogP contribution in [0.15, 0.2) is 77.7 Å². The first-order valence-electron chi connectivity index (χ1n) is 10.5. The molecule has 0 atom stereocenters. The number of benzene rings is 3. The number of aryl methyl sites for hydroxylation is 1. The maximum Gasteiger partial charge on any atom is 0.294 e. The number of amides is 3. The SMILES string of the molecule is Cc1ccccc1NC(=O)CN1C(=O)S/C(=C\c2ccc(OCc3ccc(F)cc3)cc2)C1=O. The quantitative estimate of drug-likeness (QED) is 0.463. The second-order valence-electron chi connectivity index (χ2n) is 7.62. The van der Waals surface area contributed by atoms with Crippen LogP contribution in [0, 0.1) is 12.7 Å². The van der Waals surface area contributed by atoms with Crippen molar-refractivity contribution in [3.8, 4) is 5.75 Å². The van der Waals surface area contributed by atoms with Gasteiger partial charge in [-0.1, -0.05) is 42.5 Å². The van der Waals surface area contributed by atoms with Crippen LogP contribution in [0.3, 0.4) is 0 Å². The minimum atomic E-state index is -0.508. The zero-order valence-corrected chi connectivity index (χ0v) is 19.1. The number of carbonyl (C=O) groups excluding carboxylic acids is 3. The largest absolute Gasteiger partial charge is 0.489 e. The highest BCUT2D eigenvalue weighted by Gasteiger charge is 2.36. The molecule has 1 aliphatic rings. The van der Waals surface area contributed by atoms with E-state index >= 15 is 0 Å². The summed E-state index contributed by atoms with van der Waals surface area (Å²) in [6, 6.07) is 20.3. The molecule has 3 amide bonds. The third-order valence-electron chi connectivity index (χ3n) is 5.09. The number of carbonyl (C=O) groups is 3.